The molecule has 110 valence electrons. The summed E-state index contributed by atoms with van der Waals surface area (Å²) in [6.07, 6.45) is 0.225. The molecule has 0 spiro atoms. The van der Waals surface area contributed by atoms with Crippen molar-refractivity contribution in [2.75, 3.05) is 18.9 Å². The number of nitrogens with one attached hydrogen (secondary N) is 1. The summed E-state index contributed by atoms with van der Waals surface area (Å²) in [5.41, 5.74) is 1.01. The van der Waals surface area contributed by atoms with Crippen LogP contribution in [0.25, 0.3) is 0 Å². The zero-order valence-electron chi connectivity index (χ0n) is 11.0. The second-order valence-corrected chi connectivity index (χ2v) is 6.25. The molecule has 20 heavy (non-hydrogen) atoms. The molecule has 0 radical (unpaired) electrons. The second-order valence-electron chi connectivity index (χ2n) is 4.71. The molecule has 1 heterocycles. The van der Waals surface area contributed by atoms with Gasteiger partial charge in [0.05, 0.1) is 25.4 Å². The van der Waals surface area contributed by atoms with E-state index in [0.717, 1.165) is 17.7 Å². The standard InChI is InChI=1S/C14H18ClNO3S/c15-11-3-1-10(2-4-11)8-19-9-12(17)7-16-13-5-6-20-14(13)18/h1-4,12-13,16-17H,5-9H2/t12-,13+/m0/s1. The number of carbonyl (C=O) groups is 1. The first-order valence-corrected chi connectivity index (χ1v) is 7.92. The maximum Gasteiger partial charge on any atom is 0.205 e. The highest BCUT2D eigenvalue weighted by atomic mass is 35.5. The Morgan fingerprint density at radius 2 is 2.20 bits per heavy atom. The van der Waals surface area contributed by atoms with Crippen LogP contribution in [0.3, 0.4) is 0 Å². The lowest BCUT2D eigenvalue weighted by Crippen LogP contribution is -2.39. The number of hydrogen-bond acceptors (Lipinski definition) is 5. The van der Waals surface area contributed by atoms with E-state index in [1.807, 2.05) is 24.3 Å². The van der Waals surface area contributed by atoms with Gasteiger partial charge < -0.3 is 15.2 Å². The predicted molar refractivity (Wildman–Crippen MR) is 81.0 cm³/mol. The number of carbonyl (C=O) groups excluding carboxylic acids is 1. The fourth-order valence-corrected chi connectivity index (χ4v) is 2.99. The first kappa shape index (κ1) is 15.8. The Hall–Kier alpha value is -0.590. The van der Waals surface area contributed by atoms with Crippen molar-refractivity contribution in [2.45, 2.75) is 25.2 Å². The van der Waals surface area contributed by atoms with Crippen molar-refractivity contribution in [2.24, 2.45) is 0 Å². The Morgan fingerprint density at radius 1 is 1.45 bits per heavy atom. The number of halogens is 1. The molecule has 6 heteroatoms. The van der Waals surface area contributed by atoms with Crippen LogP contribution in [-0.4, -0.2) is 41.3 Å². The Labute approximate surface area is 127 Å². The number of aliphatic hydroxyl groups excluding tert-OH is 1. The third-order valence-electron chi connectivity index (χ3n) is 3.03. The van der Waals surface area contributed by atoms with Crippen molar-refractivity contribution in [3.8, 4) is 0 Å². The van der Waals surface area contributed by atoms with E-state index in [1.165, 1.54) is 11.8 Å². The molecule has 0 saturated carbocycles. The highest BCUT2D eigenvalue weighted by Crippen LogP contribution is 2.19. The molecule has 1 aromatic carbocycles. The van der Waals surface area contributed by atoms with Gasteiger partial charge in [-0.25, -0.2) is 0 Å². The summed E-state index contributed by atoms with van der Waals surface area (Å²) in [6, 6.07) is 7.28. The maximum absolute atomic E-state index is 11.4. The van der Waals surface area contributed by atoms with Crippen molar-refractivity contribution >= 4 is 28.5 Å². The minimum Gasteiger partial charge on any atom is -0.389 e. The molecule has 2 atom stereocenters. The number of rotatable bonds is 7. The first-order valence-electron chi connectivity index (χ1n) is 6.55. The number of aliphatic hydroxyl groups is 1. The number of ether oxygens (including phenoxy) is 1. The largest absolute Gasteiger partial charge is 0.389 e. The molecule has 1 aliphatic heterocycles. The number of thioether (sulfide) groups is 1. The molecule has 0 aliphatic carbocycles. The Kier molecular flexibility index (Phi) is 6.32. The van der Waals surface area contributed by atoms with E-state index < -0.39 is 6.10 Å². The van der Waals surface area contributed by atoms with E-state index in [1.54, 1.807) is 0 Å². The van der Waals surface area contributed by atoms with Crippen LogP contribution in [0.5, 0.6) is 0 Å². The van der Waals surface area contributed by atoms with Crippen LogP contribution in [0.4, 0.5) is 0 Å². The van der Waals surface area contributed by atoms with E-state index in [4.69, 9.17) is 16.3 Å². The van der Waals surface area contributed by atoms with E-state index in [2.05, 4.69) is 5.32 Å². The Bertz CT molecular complexity index is 441. The quantitative estimate of drug-likeness (QED) is 0.804. The Morgan fingerprint density at radius 3 is 2.85 bits per heavy atom. The van der Waals surface area contributed by atoms with Gasteiger partial charge in [0.2, 0.25) is 5.12 Å². The van der Waals surface area contributed by atoms with Gasteiger partial charge in [-0.2, -0.15) is 0 Å². The summed E-state index contributed by atoms with van der Waals surface area (Å²) < 4.78 is 5.44. The molecule has 4 nitrogen and oxygen atoms in total. The van der Waals surface area contributed by atoms with Crippen molar-refractivity contribution in [1.29, 1.82) is 0 Å². The van der Waals surface area contributed by atoms with E-state index in [-0.39, 0.29) is 17.8 Å². The second kappa shape index (κ2) is 8.00. The Balaban J connectivity index is 1.61. The molecule has 1 saturated heterocycles. The zero-order valence-corrected chi connectivity index (χ0v) is 12.6. The zero-order chi connectivity index (χ0) is 14.4. The van der Waals surface area contributed by atoms with Gasteiger partial charge in [-0.05, 0) is 24.1 Å². The summed E-state index contributed by atoms with van der Waals surface area (Å²) in [7, 11) is 0. The highest BCUT2D eigenvalue weighted by Gasteiger charge is 2.25. The van der Waals surface area contributed by atoms with Crippen LogP contribution >= 0.6 is 23.4 Å². The van der Waals surface area contributed by atoms with E-state index in [9.17, 15) is 9.90 Å². The number of benzene rings is 1. The molecule has 0 unspecified atom stereocenters. The third-order valence-corrected chi connectivity index (χ3v) is 4.29. The molecule has 0 aromatic heterocycles. The summed E-state index contributed by atoms with van der Waals surface area (Å²) in [6.45, 7) is 1.05. The SMILES string of the molecule is O=C1SCC[C@H]1NC[C@H](O)COCc1ccc(Cl)cc1. The van der Waals surface area contributed by atoms with Crippen molar-refractivity contribution in [3.63, 3.8) is 0 Å². The fraction of sp³-hybridized carbons (Fsp3) is 0.500. The third kappa shape index (κ3) is 5.07. The molecule has 1 aliphatic rings. The van der Waals surface area contributed by atoms with Crippen LogP contribution in [-0.2, 0) is 16.1 Å². The maximum atomic E-state index is 11.4. The van der Waals surface area contributed by atoms with Crippen molar-refractivity contribution in [3.05, 3.63) is 34.9 Å². The fourth-order valence-electron chi connectivity index (χ4n) is 1.91. The van der Waals surface area contributed by atoms with Gasteiger partial charge in [0.1, 0.15) is 0 Å². The van der Waals surface area contributed by atoms with Gasteiger partial charge >= 0.3 is 0 Å². The molecular formula is C14H18ClNO3S. The molecule has 1 aromatic rings. The van der Waals surface area contributed by atoms with Gasteiger partial charge in [0, 0.05) is 17.3 Å². The van der Waals surface area contributed by atoms with Crippen LogP contribution < -0.4 is 5.32 Å². The van der Waals surface area contributed by atoms with Crippen LogP contribution in [0.1, 0.15) is 12.0 Å². The van der Waals surface area contributed by atoms with Gasteiger partial charge in [-0.3, -0.25) is 4.79 Å². The minimum absolute atomic E-state index is 0.120. The number of hydrogen-bond donors (Lipinski definition) is 2. The van der Waals surface area contributed by atoms with Crippen molar-refractivity contribution in [1.82, 2.24) is 5.32 Å². The average molecular weight is 316 g/mol. The van der Waals surface area contributed by atoms with Gasteiger partial charge in [-0.15, -0.1) is 0 Å². The van der Waals surface area contributed by atoms with Crippen LogP contribution in [0, 0.1) is 0 Å². The van der Waals surface area contributed by atoms with Crippen molar-refractivity contribution < 1.29 is 14.6 Å². The topological polar surface area (TPSA) is 58.6 Å². The first-order chi connectivity index (χ1) is 9.65. The molecule has 1 fully saturated rings. The van der Waals surface area contributed by atoms with E-state index in [0.29, 0.717) is 18.2 Å². The van der Waals surface area contributed by atoms with Crippen LogP contribution in [0.2, 0.25) is 5.02 Å². The normalized spacial score (nSPS) is 20.3. The van der Waals surface area contributed by atoms with Gasteiger partial charge in [0.15, 0.2) is 0 Å². The molecule has 0 bridgehead atoms. The lowest BCUT2D eigenvalue weighted by Gasteiger charge is -2.15. The lowest BCUT2D eigenvalue weighted by atomic mass is 10.2. The smallest absolute Gasteiger partial charge is 0.205 e. The monoisotopic (exact) mass is 315 g/mol. The van der Waals surface area contributed by atoms with E-state index >= 15 is 0 Å². The predicted octanol–water partition coefficient (Wildman–Crippen LogP) is 1.84. The highest BCUT2D eigenvalue weighted by molar-refractivity contribution is 8.14. The minimum atomic E-state index is -0.610. The molecule has 2 N–H and O–H groups in total. The molecule has 2 rings (SSSR count). The summed E-state index contributed by atoms with van der Waals surface area (Å²) >= 11 is 7.14. The summed E-state index contributed by atoms with van der Waals surface area (Å²) in [5, 5.41) is 13.7. The lowest BCUT2D eigenvalue weighted by molar-refractivity contribution is -0.112. The summed E-state index contributed by atoms with van der Waals surface area (Å²) in [4.78, 5) is 11.4. The summed E-state index contributed by atoms with van der Waals surface area (Å²) in [5.74, 6) is 0.861. The van der Waals surface area contributed by atoms with Gasteiger partial charge in [-0.1, -0.05) is 35.5 Å². The van der Waals surface area contributed by atoms with Crippen LogP contribution in [0.15, 0.2) is 24.3 Å². The molecular weight excluding hydrogens is 298 g/mol. The molecule has 0 amide bonds. The van der Waals surface area contributed by atoms with Gasteiger partial charge in [0.25, 0.3) is 0 Å². The average Bonchev–Trinajstić information content (AvgIpc) is 2.84.